The van der Waals surface area contributed by atoms with Gasteiger partial charge in [-0.05, 0) is 47.1 Å². The first-order valence-corrected chi connectivity index (χ1v) is 7.54. The number of benzene rings is 2. The molecule has 1 aromatic heterocycles. The van der Waals surface area contributed by atoms with Crippen LogP contribution in [0.5, 0.6) is 5.75 Å². The first-order chi connectivity index (χ1) is 10.6. The largest absolute Gasteiger partial charge is 0.484 e. The number of ketones is 1. The second kappa shape index (κ2) is 5.93. The van der Waals surface area contributed by atoms with Crippen LogP contribution >= 0.6 is 15.9 Å². The lowest BCUT2D eigenvalue weighted by Crippen LogP contribution is -2.12. The molecular formula is C17H13BrFNO2. The standard InChI is InChI=1S/C17H13BrFNO2/c1-10-17(12-4-2-3-5-14(12)20-10)15(21)9-22-16-7-6-11(19)8-13(16)18/h2-8,20H,9H2,1H3. The number of halogens is 2. The molecular weight excluding hydrogens is 349 g/mol. The number of fused-ring (bicyclic) bond motifs is 1. The van der Waals surface area contributed by atoms with E-state index in [4.69, 9.17) is 4.74 Å². The summed E-state index contributed by atoms with van der Waals surface area (Å²) in [6, 6.07) is 11.7. The maximum atomic E-state index is 13.0. The van der Waals surface area contributed by atoms with Crippen molar-refractivity contribution in [2.24, 2.45) is 0 Å². The highest BCUT2D eigenvalue weighted by Crippen LogP contribution is 2.26. The van der Waals surface area contributed by atoms with E-state index in [1.54, 1.807) is 0 Å². The average Bonchev–Trinajstić information content (AvgIpc) is 2.82. The van der Waals surface area contributed by atoms with E-state index in [1.807, 2.05) is 31.2 Å². The summed E-state index contributed by atoms with van der Waals surface area (Å²) in [4.78, 5) is 15.6. The molecule has 22 heavy (non-hydrogen) atoms. The topological polar surface area (TPSA) is 42.1 Å². The Hall–Kier alpha value is -2.14. The first-order valence-electron chi connectivity index (χ1n) is 6.74. The molecule has 0 aliphatic rings. The van der Waals surface area contributed by atoms with E-state index in [0.29, 0.717) is 15.8 Å². The van der Waals surface area contributed by atoms with Crippen molar-refractivity contribution in [3.8, 4) is 5.75 Å². The van der Waals surface area contributed by atoms with Crippen LogP contribution < -0.4 is 4.74 Å². The highest BCUT2D eigenvalue weighted by molar-refractivity contribution is 9.10. The normalized spacial score (nSPS) is 10.9. The second-order valence-electron chi connectivity index (χ2n) is 4.96. The number of rotatable bonds is 4. The number of aryl methyl sites for hydroxylation is 1. The van der Waals surface area contributed by atoms with Crippen molar-refractivity contribution < 1.29 is 13.9 Å². The molecule has 0 saturated heterocycles. The summed E-state index contributed by atoms with van der Waals surface area (Å²) in [6.45, 7) is 1.76. The van der Waals surface area contributed by atoms with Crippen LogP contribution in [0.3, 0.4) is 0 Å². The van der Waals surface area contributed by atoms with Crippen LogP contribution in [-0.4, -0.2) is 17.4 Å². The number of aromatic amines is 1. The van der Waals surface area contributed by atoms with Crippen molar-refractivity contribution in [1.29, 1.82) is 0 Å². The summed E-state index contributed by atoms with van der Waals surface area (Å²) in [7, 11) is 0. The monoisotopic (exact) mass is 361 g/mol. The molecule has 3 nitrogen and oxygen atoms in total. The third-order valence-corrected chi connectivity index (χ3v) is 4.04. The fourth-order valence-corrected chi connectivity index (χ4v) is 2.91. The fourth-order valence-electron chi connectivity index (χ4n) is 2.44. The van der Waals surface area contributed by atoms with E-state index >= 15 is 0 Å². The number of carbonyl (C=O) groups excluding carboxylic acids is 1. The van der Waals surface area contributed by atoms with E-state index in [-0.39, 0.29) is 18.2 Å². The molecule has 0 aliphatic carbocycles. The molecule has 0 atom stereocenters. The van der Waals surface area contributed by atoms with Gasteiger partial charge >= 0.3 is 0 Å². The summed E-state index contributed by atoms with van der Waals surface area (Å²) in [6.07, 6.45) is 0. The maximum Gasteiger partial charge on any atom is 0.202 e. The Morgan fingerprint density at radius 3 is 2.82 bits per heavy atom. The number of hydrogen-bond acceptors (Lipinski definition) is 2. The van der Waals surface area contributed by atoms with Crippen molar-refractivity contribution >= 4 is 32.6 Å². The van der Waals surface area contributed by atoms with Gasteiger partial charge in [-0.15, -0.1) is 0 Å². The minimum atomic E-state index is -0.363. The SMILES string of the molecule is Cc1[nH]c2ccccc2c1C(=O)COc1ccc(F)cc1Br. The first kappa shape index (κ1) is 14.8. The second-order valence-corrected chi connectivity index (χ2v) is 5.81. The molecule has 3 aromatic rings. The van der Waals surface area contributed by atoms with E-state index in [9.17, 15) is 9.18 Å². The van der Waals surface area contributed by atoms with E-state index in [0.717, 1.165) is 16.6 Å². The van der Waals surface area contributed by atoms with Crippen molar-refractivity contribution in [2.75, 3.05) is 6.61 Å². The number of carbonyl (C=O) groups is 1. The predicted molar refractivity (Wildman–Crippen MR) is 87.0 cm³/mol. The lowest BCUT2D eigenvalue weighted by molar-refractivity contribution is 0.0922. The van der Waals surface area contributed by atoms with E-state index < -0.39 is 0 Å². The molecule has 0 bridgehead atoms. The Morgan fingerprint density at radius 1 is 1.27 bits per heavy atom. The van der Waals surface area contributed by atoms with Gasteiger partial charge in [0.15, 0.2) is 6.61 Å². The lowest BCUT2D eigenvalue weighted by Gasteiger charge is -2.07. The Morgan fingerprint density at radius 2 is 2.05 bits per heavy atom. The van der Waals surface area contributed by atoms with Crippen LogP contribution in [0.1, 0.15) is 16.1 Å². The summed E-state index contributed by atoms with van der Waals surface area (Å²) in [5.41, 5.74) is 2.37. The van der Waals surface area contributed by atoms with Crippen LogP contribution in [0.2, 0.25) is 0 Å². The number of nitrogens with one attached hydrogen (secondary N) is 1. The molecule has 0 aliphatic heterocycles. The molecule has 1 N–H and O–H groups in total. The average molecular weight is 362 g/mol. The molecule has 0 unspecified atom stereocenters. The third kappa shape index (κ3) is 2.76. The van der Waals surface area contributed by atoms with Crippen LogP contribution in [0, 0.1) is 12.7 Å². The summed E-state index contributed by atoms with van der Waals surface area (Å²) < 4.78 is 19.0. The summed E-state index contributed by atoms with van der Waals surface area (Å²) in [5, 5.41) is 0.881. The molecule has 5 heteroatoms. The van der Waals surface area contributed by atoms with Gasteiger partial charge in [-0.25, -0.2) is 4.39 Å². The molecule has 0 fully saturated rings. The highest BCUT2D eigenvalue weighted by Gasteiger charge is 2.16. The fraction of sp³-hybridized carbons (Fsp3) is 0.118. The molecule has 3 rings (SSSR count). The van der Waals surface area contributed by atoms with Gasteiger partial charge in [0.25, 0.3) is 0 Å². The van der Waals surface area contributed by atoms with Gasteiger partial charge in [-0.1, -0.05) is 18.2 Å². The van der Waals surface area contributed by atoms with Crippen LogP contribution in [-0.2, 0) is 0 Å². The molecule has 2 aromatic carbocycles. The quantitative estimate of drug-likeness (QED) is 0.687. The Bertz CT molecular complexity index is 857. The molecule has 112 valence electrons. The van der Waals surface area contributed by atoms with Gasteiger partial charge in [-0.3, -0.25) is 4.79 Å². The molecule has 0 spiro atoms. The Kier molecular flexibility index (Phi) is 3.98. The van der Waals surface area contributed by atoms with Crippen molar-refractivity contribution in [3.05, 3.63) is 64.0 Å². The zero-order valence-electron chi connectivity index (χ0n) is 11.8. The molecule has 0 saturated carbocycles. The van der Waals surface area contributed by atoms with Gasteiger partial charge in [0, 0.05) is 22.2 Å². The number of H-pyrrole nitrogens is 1. The summed E-state index contributed by atoms with van der Waals surface area (Å²) in [5.74, 6) is -0.0450. The van der Waals surface area contributed by atoms with Crippen LogP contribution in [0.15, 0.2) is 46.9 Å². The zero-order valence-corrected chi connectivity index (χ0v) is 13.4. The number of aromatic nitrogens is 1. The Labute approximate surface area is 135 Å². The number of para-hydroxylation sites is 1. The molecule has 0 amide bonds. The maximum absolute atomic E-state index is 13.0. The van der Waals surface area contributed by atoms with Crippen LogP contribution in [0.4, 0.5) is 4.39 Å². The number of Topliss-reactive ketones (excluding diaryl/α,β-unsaturated/α-hetero) is 1. The number of hydrogen-bond donors (Lipinski definition) is 1. The summed E-state index contributed by atoms with van der Waals surface area (Å²) >= 11 is 3.22. The van der Waals surface area contributed by atoms with Gasteiger partial charge in [0.05, 0.1) is 4.47 Å². The van der Waals surface area contributed by atoms with Gasteiger partial charge in [0.2, 0.25) is 5.78 Å². The van der Waals surface area contributed by atoms with Crippen molar-refractivity contribution in [1.82, 2.24) is 4.98 Å². The minimum Gasteiger partial charge on any atom is -0.484 e. The van der Waals surface area contributed by atoms with Crippen LogP contribution in [0.25, 0.3) is 10.9 Å². The Balaban J connectivity index is 1.83. The van der Waals surface area contributed by atoms with Gasteiger partial charge < -0.3 is 9.72 Å². The predicted octanol–water partition coefficient (Wildman–Crippen LogP) is 4.64. The van der Waals surface area contributed by atoms with Crippen molar-refractivity contribution in [2.45, 2.75) is 6.92 Å². The molecule has 1 heterocycles. The smallest absolute Gasteiger partial charge is 0.202 e. The van der Waals surface area contributed by atoms with Crippen molar-refractivity contribution in [3.63, 3.8) is 0 Å². The molecule has 0 radical (unpaired) electrons. The zero-order chi connectivity index (χ0) is 15.7. The van der Waals surface area contributed by atoms with E-state index in [1.165, 1.54) is 18.2 Å². The van der Waals surface area contributed by atoms with Gasteiger partial charge in [-0.2, -0.15) is 0 Å². The van der Waals surface area contributed by atoms with Gasteiger partial charge in [0.1, 0.15) is 11.6 Å². The van der Waals surface area contributed by atoms with E-state index in [2.05, 4.69) is 20.9 Å². The highest BCUT2D eigenvalue weighted by atomic mass is 79.9. The minimum absolute atomic E-state index is 0.104. The third-order valence-electron chi connectivity index (χ3n) is 3.43. The number of ether oxygens (including phenoxy) is 1. The lowest BCUT2D eigenvalue weighted by atomic mass is 10.1.